The Labute approximate surface area is 81.5 Å². The Morgan fingerprint density at radius 2 is 2.08 bits per heavy atom. The summed E-state index contributed by atoms with van der Waals surface area (Å²) in [5.41, 5.74) is -0.394. The molecule has 0 atom stereocenters. The summed E-state index contributed by atoms with van der Waals surface area (Å²) in [7, 11) is 1.16. The molecule has 0 saturated heterocycles. The lowest BCUT2D eigenvalue weighted by Gasteiger charge is -2.19. The molecule has 0 unspecified atom stereocenters. The van der Waals surface area contributed by atoms with Gasteiger partial charge in [-0.05, 0) is 27.2 Å². The van der Waals surface area contributed by atoms with E-state index in [-0.39, 0.29) is 6.09 Å². The van der Waals surface area contributed by atoms with Crippen molar-refractivity contribution in [2.45, 2.75) is 45.9 Å². The molecule has 4 heteroatoms. The minimum Gasteiger partial charge on any atom is -0.444 e. The molecule has 0 aromatic carbocycles. The second-order valence-electron chi connectivity index (χ2n) is 4.14. The van der Waals surface area contributed by atoms with E-state index in [0.29, 0.717) is 6.54 Å². The van der Waals surface area contributed by atoms with Crippen molar-refractivity contribution in [3.05, 3.63) is 0 Å². The minimum absolute atomic E-state index is 0.316. The van der Waals surface area contributed by atoms with Crippen LogP contribution < -0.4 is 5.32 Å². The Balaban J connectivity index is 3.41. The van der Waals surface area contributed by atoms with Gasteiger partial charge in [0.1, 0.15) is 12.9 Å². The third-order valence-electron chi connectivity index (χ3n) is 1.45. The Hall–Kier alpha value is -0.665. The smallest absolute Gasteiger partial charge is 0.407 e. The molecule has 0 saturated carbocycles. The van der Waals surface area contributed by atoms with Crippen LogP contribution in [0.15, 0.2) is 0 Å². The highest BCUT2D eigenvalue weighted by Gasteiger charge is 2.15. The van der Waals surface area contributed by atoms with Crippen molar-refractivity contribution < 1.29 is 9.53 Å². The number of carbonyl (C=O) groups excluding carboxylic acids is 1. The van der Waals surface area contributed by atoms with Crippen molar-refractivity contribution in [2.75, 3.05) is 6.54 Å². The van der Waals surface area contributed by atoms with Crippen LogP contribution in [0.4, 0.5) is 4.79 Å². The maximum absolute atomic E-state index is 11.1. The molecule has 0 rings (SSSR count). The number of hydrogen-bond acceptors (Lipinski definition) is 2. The monoisotopic (exact) mass is 185 g/mol. The van der Waals surface area contributed by atoms with Gasteiger partial charge in [0.15, 0.2) is 0 Å². The third kappa shape index (κ3) is 9.25. The SMILES string of the molecule is CBCCCNC(=O)OC(C)(C)C. The average Bonchev–Trinajstić information content (AvgIpc) is 1.94. The molecular weight excluding hydrogens is 165 g/mol. The summed E-state index contributed by atoms with van der Waals surface area (Å²) in [6, 6.07) is 0. The third-order valence-corrected chi connectivity index (χ3v) is 1.45. The van der Waals surface area contributed by atoms with E-state index in [9.17, 15) is 4.79 Å². The summed E-state index contributed by atoms with van der Waals surface area (Å²) in [6.45, 7) is 8.42. The van der Waals surface area contributed by atoms with Crippen LogP contribution in [0.3, 0.4) is 0 Å². The van der Waals surface area contributed by atoms with Crippen LogP contribution >= 0.6 is 0 Å². The van der Waals surface area contributed by atoms with Gasteiger partial charge in [-0.3, -0.25) is 0 Å². The number of rotatable bonds is 4. The summed E-state index contributed by atoms with van der Waals surface area (Å²) in [5, 5.41) is 2.71. The maximum Gasteiger partial charge on any atom is 0.407 e. The molecule has 0 heterocycles. The predicted octanol–water partition coefficient (Wildman–Crippen LogP) is 1.80. The quantitative estimate of drug-likeness (QED) is 0.535. The summed E-state index contributed by atoms with van der Waals surface area (Å²) < 4.78 is 5.07. The topological polar surface area (TPSA) is 38.3 Å². The average molecular weight is 185 g/mol. The van der Waals surface area contributed by atoms with E-state index in [1.165, 1.54) is 0 Å². The molecule has 13 heavy (non-hydrogen) atoms. The lowest BCUT2D eigenvalue weighted by atomic mass is 9.77. The van der Waals surface area contributed by atoms with E-state index in [4.69, 9.17) is 4.74 Å². The number of alkyl carbamates (subject to hydrolysis) is 1. The highest BCUT2D eigenvalue weighted by molar-refractivity contribution is 6.33. The summed E-state index contributed by atoms with van der Waals surface area (Å²) in [5.74, 6) is 0. The molecule has 0 radical (unpaired) electrons. The van der Waals surface area contributed by atoms with Crippen LogP contribution in [-0.4, -0.2) is 25.5 Å². The molecule has 0 aromatic rings. The van der Waals surface area contributed by atoms with Crippen molar-refractivity contribution in [2.24, 2.45) is 0 Å². The first-order valence-electron chi connectivity index (χ1n) is 4.92. The molecule has 1 amide bonds. The van der Waals surface area contributed by atoms with Crippen LogP contribution in [0.5, 0.6) is 0 Å². The van der Waals surface area contributed by atoms with Crippen LogP contribution in [0.2, 0.25) is 13.1 Å². The molecule has 1 N–H and O–H groups in total. The molecule has 0 spiro atoms. The molecule has 0 aromatic heterocycles. The molecule has 0 bridgehead atoms. The first-order chi connectivity index (χ1) is 5.95. The van der Waals surface area contributed by atoms with Gasteiger partial charge in [-0.2, -0.15) is 0 Å². The molecule has 0 aliphatic rings. The summed E-state index contributed by atoms with van der Waals surface area (Å²) in [6.07, 6.45) is 1.86. The van der Waals surface area contributed by atoms with Gasteiger partial charge < -0.3 is 10.1 Å². The van der Waals surface area contributed by atoms with Gasteiger partial charge in [-0.25, -0.2) is 4.79 Å². The number of hydrogen-bond donors (Lipinski definition) is 1. The van der Waals surface area contributed by atoms with Crippen LogP contribution in [0.1, 0.15) is 27.2 Å². The molecule has 0 aliphatic heterocycles. The van der Waals surface area contributed by atoms with E-state index in [1.54, 1.807) is 0 Å². The van der Waals surface area contributed by atoms with Gasteiger partial charge in [0, 0.05) is 6.54 Å². The summed E-state index contributed by atoms with van der Waals surface area (Å²) >= 11 is 0. The normalized spacial score (nSPS) is 10.8. The van der Waals surface area contributed by atoms with Crippen LogP contribution in [0.25, 0.3) is 0 Å². The second kappa shape index (κ2) is 5.89. The molecule has 0 fully saturated rings. The van der Waals surface area contributed by atoms with Gasteiger partial charge in [0.2, 0.25) is 0 Å². The van der Waals surface area contributed by atoms with Gasteiger partial charge in [0.25, 0.3) is 0 Å². The highest BCUT2D eigenvalue weighted by Crippen LogP contribution is 2.06. The first kappa shape index (κ1) is 12.3. The van der Waals surface area contributed by atoms with E-state index in [1.807, 2.05) is 20.8 Å². The van der Waals surface area contributed by atoms with Gasteiger partial charge in [-0.15, -0.1) is 0 Å². The largest absolute Gasteiger partial charge is 0.444 e. The fourth-order valence-corrected chi connectivity index (χ4v) is 0.880. The van der Waals surface area contributed by atoms with Gasteiger partial charge in [0.05, 0.1) is 0 Å². The minimum atomic E-state index is -0.394. The fourth-order valence-electron chi connectivity index (χ4n) is 0.880. The number of amides is 1. The lowest BCUT2D eigenvalue weighted by Crippen LogP contribution is -2.33. The second-order valence-corrected chi connectivity index (χ2v) is 4.14. The van der Waals surface area contributed by atoms with Crippen molar-refractivity contribution in [3.8, 4) is 0 Å². The van der Waals surface area contributed by atoms with E-state index in [0.717, 1.165) is 20.0 Å². The summed E-state index contributed by atoms with van der Waals surface area (Å²) in [4.78, 5) is 11.1. The Morgan fingerprint density at radius 1 is 1.46 bits per heavy atom. The fraction of sp³-hybridized carbons (Fsp3) is 0.889. The Morgan fingerprint density at radius 3 is 2.54 bits per heavy atom. The molecular formula is C9H20BNO2. The maximum atomic E-state index is 11.1. The van der Waals surface area contributed by atoms with Crippen molar-refractivity contribution in [1.82, 2.24) is 5.32 Å². The van der Waals surface area contributed by atoms with Gasteiger partial charge in [-0.1, -0.05) is 13.1 Å². The zero-order valence-electron chi connectivity index (χ0n) is 9.14. The highest BCUT2D eigenvalue weighted by atomic mass is 16.6. The zero-order valence-corrected chi connectivity index (χ0v) is 9.14. The van der Waals surface area contributed by atoms with Gasteiger partial charge >= 0.3 is 6.09 Å². The van der Waals surface area contributed by atoms with E-state index in [2.05, 4.69) is 12.1 Å². The van der Waals surface area contributed by atoms with E-state index < -0.39 is 5.60 Å². The number of nitrogens with one attached hydrogen (secondary N) is 1. The van der Waals surface area contributed by atoms with Crippen LogP contribution in [-0.2, 0) is 4.74 Å². The first-order valence-corrected chi connectivity index (χ1v) is 4.92. The molecule has 3 nitrogen and oxygen atoms in total. The number of carbonyl (C=O) groups is 1. The van der Waals surface area contributed by atoms with Crippen molar-refractivity contribution >= 4 is 13.4 Å². The Bertz CT molecular complexity index is 154. The molecule has 76 valence electrons. The number of ether oxygens (including phenoxy) is 1. The predicted molar refractivity (Wildman–Crippen MR) is 56.7 cm³/mol. The van der Waals surface area contributed by atoms with Crippen molar-refractivity contribution in [1.29, 1.82) is 0 Å². The van der Waals surface area contributed by atoms with E-state index >= 15 is 0 Å². The Kier molecular flexibility index (Phi) is 5.59. The van der Waals surface area contributed by atoms with Crippen molar-refractivity contribution in [3.63, 3.8) is 0 Å². The standard InChI is InChI=1S/C9H20BNO2/c1-9(2,3)13-8(12)11-7-5-6-10-4/h10H,5-7H2,1-4H3,(H,11,12). The zero-order chi connectivity index (χ0) is 10.3. The molecule has 0 aliphatic carbocycles. The lowest BCUT2D eigenvalue weighted by molar-refractivity contribution is 0.0528. The van der Waals surface area contributed by atoms with Crippen LogP contribution in [0, 0.1) is 0 Å².